The molecule has 0 aliphatic rings. The van der Waals surface area contributed by atoms with Gasteiger partial charge in [0.25, 0.3) is 0 Å². The molecule has 0 aliphatic heterocycles. The smallest absolute Gasteiger partial charge is 0.199 e. The van der Waals surface area contributed by atoms with Crippen molar-refractivity contribution < 1.29 is 8.81 Å². The summed E-state index contributed by atoms with van der Waals surface area (Å²) in [6.07, 6.45) is 0. The highest BCUT2D eigenvalue weighted by atomic mass is 19.1. The normalized spacial score (nSPS) is 13.4. The minimum Gasteiger partial charge on any atom is -0.437 e. The number of rotatable bonds is 2. The first-order valence-corrected chi connectivity index (χ1v) is 4.47. The third-order valence-corrected chi connectivity index (χ3v) is 2.16. The molecule has 0 aliphatic carbocycles. The molecule has 0 spiro atoms. The maximum absolute atomic E-state index is 13.2. The van der Waals surface area contributed by atoms with E-state index in [2.05, 4.69) is 4.98 Å². The molecule has 0 bridgehead atoms. The number of aromatic nitrogens is 1. The van der Waals surface area contributed by atoms with Gasteiger partial charge in [-0.1, -0.05) is 13.0 Å². The van der Waals surface area contributed by atoms with Crippen LogP contribution >= 0.6 is 0 Å². The van der Waals surface area contributed by atoms with E-state index in [1.807, 2.05) is 6.92 Å². The number of nitrogens with two attached hydrogens (primary N) is 1. The molecule has 14 heavy (non-hydrogen) atoms. The van der Waals surface area contributed by atoms with Crippen LogP contribution in [0.5, 0.6) is 0 Å². The average Bonchev–Trinajstić information content (AvgIpc) is 2.62. The number of para-hydroxylation sites is 1. The topological polar surface area (TPSA) is 52.0 Å². The zero-order valence-electron chi connectivity index (χ0n) is 7.83. The van der Waals surface area contributed by atoms with Gasteiger partial charge in [-0.3, -0.25) is 0 Å². The molecule has 3 nitrogen and oxygen atoms in total. The van der Waals surface area contributed by atoms with Crippen LogP contribution in [-0.2, 0) is 0 Å². The second-order valence-corrected chi connectivity index (χ2v) is 3.28. The lowest BCUT2D eigenvalue weighted by Gasteiger charge is -1.99. The van der Waals surface area contributed by atoms with Crippen molar-refractivity contribution in [2.75, 3.05) is 6.54 Å². The van der Waals surface area contributed by atoms with Crippen LogP contribution in [0.4, 0.5) is 4.39 Å². The number of fused-ring (bicyclic) bond motifs is 1. The van der Waals surface area contributed by atoms with Gasteiger partial charge in [0, 0.05) is 12.5 Å². The molecule has 0 saturated carbocycles. The Hall–Kier alpha value is -1.42. The minimum absolute atomic E-state index is 0.0156. The highest BCUT2D eigenvalue weighted by Crippen LogP contribution is 2.22. The van der Waals surface area contributed by atoms with Crippen LogP contribution in [0, 0.1) is 5.82 Å². The lowest BCUT2D eigenvalue weighted by Crippen LogP contribution is -2.08. The average molecular weight is 194 g/mol. The molecule has 0 fully saturated rings. The Labute approximate surface area is 80.7 Å². The summed E-state index contributed by atoms with van der Waals surface area (Å²) in [6.45, 7) is 2.33. The monoisotopic (exact) mass is 194 g/mol. The van der Waals surface area contributed by atoms with Crippen LogP contribution < -0.4 is 5.73 Å². The summed E-state index contributed by atoms with van der Waals surface area (Å²) in [5.41, 5.74) is 6.22. The van der Waals surface area contributed by atoms with Crippen LogP contribution in [-0.4, -0.2) is 11.5 Å². The van der Waals surface area contributed by atoms with Crippen molar-refractivity contribution in [3.05, 3.63) is 29.9 Å². The fourth-order valence-electron chi connectivity index (χ4n) is 1.24. The third kappa shape index (κ3) is 1.37. The maximum atomic E-state index is 13.2. The first-order valence-electron chi connectivity index (χ1n) is 4.47. The zero-order valence-corrected chi connectivity index (χ0v) is 7.83. The second-order valence-electron chi connectivity index (χ2n) is 3.28. The molecule has 1 aromatic heterocycles. The van der Waals surface area contributed by atoms with Gasteiger partial charge >= 0.3 is 0 Å². The van der Waals surface area contributed by atoms with Crippen LogP contribution in [0.2, 0.25) is 0 Å². The molecular weight excluding hydrogens is 183 g/mol. The molecule has 0 saturated heterocycles. The summed E-state index contributed by atoms with van der Waals surface area (Å²) in [7, 11) is 0. The molecule has 1 heterocycles. The van der Waals surface area contributed by atoms with Gasteiger partial charge in [0.15, 0.2) is 17.3 Å². The Bertz CT molecular complexity index is 452. The van der Waals surface area contributed by atoms with E-state index in [9.17, 15) is 4.39 Å². The maximum Gasteiger partial charge on any atom is 0.199 e. The lowest BCUT2D eigenvalue weighted by molar-refractivity contribution is 0.474. The van der Waals surface area contributed by atoms with E-state index in [1.54, 1.807) is 12.1 Å². The summed E-state index contributed by atoms with van der Waals surface area (Å²) < 4.78 is 18.5. The Balaban J connectivity index is 2.56. The van der Waals surface area contributed by atoms with E-state index in [0.29, 0.717) is 18.0 Å². The Morgan fingerprint density at radius 2 is 2.36 bits per heavy atom. The summed E-state index contributed by atoms with van der Waals surface area (Å²) in [6, 6.07) is 4.68. The summed E-state index contributed by atoms with van der Waals surface area (Å²) in [5, 5.41) is 0. The van der Waals surface area contributed by atoms with Crippen LogP contribution in [0.25, 0.3) is 11.1 Å². The second kappa shape index (κ2) is 3.38. The van der Waals surface area contributed by atoms with Gasteiger partial charge < -0.3 is 10.2 Å². The van der Waals surface area contributed by atoms with E-state index < -0.39 is 0 Å². The van der Waals surface area contributed by atoms with Crippen LogP contribution in [0.15, 0.2) is 22.6 Å². The van der Waals surface area contributed by atoms with Gasteiger partial charge in [-0.25, -0.2) is 9.37 Å². The van der Waals surface area contributed by atoms with Crippen molar-refractivity contribution in [1.82, 2.24) is 4.98 Å². The van der Waals surface area contributed by atoms with E-state index >= 15 is 0 Å². The van der Waals surface area contributed by atoms with Crippen molar-refractivity contribution in [3.63, 3.8) is 0 Å². The predicted octanol–water partition coefficient (Wildman–Crippen LogP) is 2.03. The van der Waals surface area contributed by atoms with Crippen LogP contribution in [0.1, 0.15) is 18.7 Å². The van der Waals surface area contributed by atoms with E-state index in [1.165, 1.54) is 6.07 Å². The molecule has 1 aromatic carbocycles. The Morgan fingerprint density at radius 1 is 1.57 bits per heavy atom. The summed E-state index contributed by atoms with van der Waals surface area (Å²) in [4.78, 5) is 4.16. The van der Waals surface area contributed by atoms with E-state index in [-0.39, 0.29) is 17.3 Å². The molecule has 2 aromatic rings. The number of hydrogen-bond acceptors (Lipinski definition) is 3. The van der Waals surface area contributed by atoms with Gasteiger partial charge in [0.1, 0.15) is 5.52 Å². The van der Waals surface area contributed by atoms with E-state index in [0.717, 1.165) is 0 Å². The predicted molar refractivity (Wildman–Crippen MR) is 51.4 cm³/mol. The number of benzene rings is 1. The van der Waals surface area contributed by atoms with Crippen molar-refractivity contribution in [3.8, 4) is 0 Å². The van der Waals surface area contributed by atoms with Crippen molar-refractivity contribution >= 4 is 11.1 Å². The van der Waals surface area contributed by atoms with Gasteiger partial charge in [0.2, 0.25) is 0 Å². The van der Waals surface area contributed by atoms with Crippen LogP contribution in [0.3, 0.4) is 0 Å². The SMILES string of the molecule is CC(CN)c1nc2cccc(F)c2o1. The van der Waals surface area contributed by atoms with Crippen molar-refractivity contribution in [2.24, 2.45) is 5.73 Å². The standard InChI is InChI=1S/C10H11FN2O/c1-6(5-12)10-13-8-4-2-3-7(11)9(8)14-10/h2-4,6H,5,12H2,1H3. The molecule has 0 amide bonds. The lowest BCUT2D eigenvalue weighted by atomic mass is 10.2. The highest BCUT2D eigenvalue weighted by Gasteiger charge is 2.13. The van der Waals surface area contributed by atoms with Crippen molar-refractivity contribution in [1.29, 1.82) is 0 Å². The zero-order chi connectivity index (χ0) is 10.1. The first kappa shape index (κ1) is 9.15. The Morgan fingerprint density at radius 3 is 3.00 bits per heavy atom. The minimum atomic E-state index is -0.384. The number of oxazole rings is 1. The number of halogens is 1. The number of hydrogen-bond donors (Lipinski definition) is 1. The van der Waals surface area contributed by atoms with Crippen molar-refractivity contribution in [2.45, 2.75) is 12.8 Å². The molecule has 4 heteroatoms. The Kier molecular flexibility index (Phi) is 2.21. The molecule has 2 N–H and O–H groups in total. The quantitative estimate of drug-likeness (QED) is 0.795. The number of nitrogens with zero attached hydrogens (tertiary/aromatic N) is 1. The molecule has 74 valence electrons. The third-order valence-electron chi connectivity index (χ3n) is 2.16. The molecule has 2 rings (SSSR count). The van der Waals surface area contributed by atoms with Gasteiger partial charge in [0.05, 0.1) is 0 Å². The molecule has 1 atom stereocenters. The molecule has 1 unspecified atom stereocenters. The fraction of sp³-hybridized carbons (Fsp3) is 0.300. The molecule has 0 radical (unpaired) electrons. The molecular formula is C10H11FN2O. The fourth-order valence-corrected chi connectivity index (χ4v) is 1.24. The largest absolute Gasteiger partial charge is 0.437 e. The highest BCUT2D eigenvalue weighted by molar-refractivity contribution is 5.73. The van der Waals surface area contributed by atoms with Gasteiger partial charge in [-0.2, -0.15) is 0 Å². The summed E-state index contributed by atoms with van der Waals surface area (Å²) >= 11 is 0. The van der Waals surface area contributed by atoms with Gasteiger partial charge in [-0.05, 0) is 12.1 Å². The van der Waals surface area contributed by atoms with Gasteiger partial charge in [-0.15, -0.1) is 0 Å². The van der Waals surface area contributed by atoms with E-state index in [4.69, 9.17) is 10.2 Å². The first-order chi connectivity index (χ1) is 6.72. The summed E-state index contributed by atoms with van der Waals surface area (Å²) in [5.74, 6) is 0.125.